The van der Waals surface area contributed by atoms with Gasteiger partial charge in [0.25, 0.3) is 0 Å². The largest absolute Gasteiger partial charge is 0.310 e. The van der Waals surface area contributed by atoms with E-state index in [1.165, 1.54) is 69.6 Å². The van der Waals surface area contributed by atoms with E-state index in [4.69, 9.17) is 0 Å². The first-order chi connectivity index (χ1) is 19.3. The van der Waals surface area contributed by atoms with E-state index in [9.17, 15) is 0 Å². The highest BCUT2D eigenvalue weighted by molar-refractivity contribution is 7.99. The molecule has 0 radical (unpaired) electrons. The Morgan fingerprint density at radius 3 is 1.03 bits per heavy atom. The van der Waals surface area contributed by atoms with Crippen molar-refractivity contribution in [1.82, 2.24) is 9.13 Å². The van der Waals surface area contributed by atoms with Gasteiger partial charge in [-0.05, 0) is 146 Å². The van der Waals surface area contributed by atoms with Gasteiger partial charge in [-0.3, -0.25) is 0 Å². The van der Waals surface area contributed by atoms with Gasteiger partial charge in [0.1, 0.15) is 0 Å². The lowest BCUT2D eigenvalue weighted by Crippen LogP contribution is -2.02. The zero-order valence-corrected chi connectivity index (χ0v) is 23.0. The van der Waals surface area contributed by atoms with E-state index in [0.717, 1.165) is 25.7 Å². The fourth-order valence-electron chi connectivity index (χ4n) is 6.94. The molecule has 0 aliphatic heterocycles. The van der Waals surface area contributed by atoms with Crippen LogP contribution in [0.15, 0.2) is 82.6 Å². The molecule has 0 spiro atoms. The molecule has 8 rings (SSSR count). The normalized spacial score (nSPS) is 16.6. The smallest absolute Gasteiger partial charge is 0.0494 e. The Labute approximate surface area is 235 Å². The molecule has 0 amide bonds. The molecular formula is C36H32N2S. The van der Waals surface area contributed by atoms with E-state index < -0.39 is 0 Å². The van der Waals surface area contributed by atoms with Gasteiger partial charge >= 0.3 is 0 Å². The van der Waals surface area contributed by atoms with Gasteiger partial charge in [-0.2, -0.15) is 0 Å². The second-order valence-electron chi connectivity index (χ2n) is 11.0. The second-order valence-corrected chi connectivity index (χ2v) is 12.1. The van der Waals surface area contributed by atoms with Gasteiger partial charge in [-0.25, -0.2) is 0 Å². The van der Waals surface area contributed by atoms with Crippen molar-refractivity contribution in [2.24, 2.45) is 0 Å². The molecule has 39 heavy (non-hydrogen) atoms. The third kappa shape index (κ3) is 3.86. The number of aromatic nitrogens is 2. The molecule has 0 saturated carbocycles. The number of rotatable bonds is 4. The van der Waals surface area contributed by atoms with Crippen LogP contribution in [0.4, 0.5) is 0 Å². The maximum Gasteiger partial charge on any atom is 0.0494 e. The van der Waals surface area contributed by atoms with Crippen LogP contribution in [0, 0.1) is 0 Å². The molecule has 2 nitrogen and oxygen atoms in total. The number of benzene rings is 2. The van der Waals surface area contributed by atoms with Crippen LogP contribution in [0.5, 0.6) is 0 Å². The molecule has 192 valence electrons. The summed E-state index contributed by atoms with van der Waals surface area (Å²) in [5, 5.41) is 0. The number of allylic oxidation sites excluding steroid dienone is 4. The first-order valence-electron chi connectivity index (χ1n) is 14.4. The third-order valence-corrected chi connectivity index (χ3v) is 9.72. The summed E-state index contributed by atoms with van der Waals surface area (Å²) in [4.78, 5) is 2.54. The predicted molar refractivity (Wildman–Crippen MR) is 165 cm³/mol. The van der Waals surface area contributed by atoms with Gasteiger partial charge in [-0.15, -0.1) is 0 Å². The molecule has 4 aromatic rings. The molecule has 3 heteroatoms. The van der Waals surface area contributed by atoms with Crippen molar-refractivity contribution in [3.05, 3.63) is 118 Å². The van der Waals surface area contributed by atoms with E-state index in [1.807, 2.05) is 11.8 Å². The molecule has 0 unspecified atom stereocenters. The van der Waals surface area contributed by atoms with E-state index in [1.54, 1.807) is 22.3 Å². The molecule has 0 N–H and O–H groups in total. The van der Waals surface area contributed by atoms with Crippen LogP contribution in [-0.4, -0.2) is 9.13 Å². The van der Waals surface area contributed by atoms with Crippen LogP contribution in [0.2, 0.25) is 0 Å². The summed E-state index contributed by atoms with van der Waals surface area (Å²) in [6.45, 7) is 0. The fourth-order valence-corrected chi connectivity index (χ4v) is 7.76. The summed E-state index contributed by atoms with van der Waals surface area (Å²) in [7, 11) is 0. The van der Waals surface area contributed by atoms with E-state index >= 15 is 0 Å². The summed E-state index contributed by atoms with van der Waals surface area (Å²) in [6.07, 6.45) is 27.9. The molecule has 0 atom stereocenters. The summed E-state index contributed by atoms with van der Waals surface area (Å²) < 4.78 is 4.95. The van der Waals surface area contributed by atoms with E-state index in [-0.39, 0.29) is 0 Å². The minimum absolute atomic E-state index is 1.16. The van der Waals surface area contributed by atoms with Crippen LogP contribution in [0.25, 0.3) is 35.7 Å². The Hall–Kier alpha value is -3.69. The van der Waals surface area contributed by atoms with E-state index in [0.29, 0.717) is 0 Å². The lowest BCUT2D eigenvalue weighted by Gasteiger charge is -2.15. The molecule has 2 heterocycles. The first-order valence-corrected chi connectivity index (χ1v) is 15.2. The van der Waals surface area contributed by atoms with Gasteiger partial charge in [-0.1, -0.05) is 36.1 Å². The van der Waals surface area contributed by atoms with Gasteiger partial charge in [0, 0.05) is 43.9 Å². The Morgan fingerprint density at radius 2 is 0.718 bits per heavy atom. The van der Waals surface area contributed by atoms with Gasteiger partial charge in [0.2, 0.25) is 0 Å². The number of hydrogen-bond donors (Lipinski definition) is 0. The topological polar surface area (TPSA) is 9.86 Å². The molecule has 0 fully saturated rings. The number of hydrogen-bond acceptors (Lipinski definition) is 1. The molecule has 2 aromatic carbocycles. The predicted octanol–water partition coefficient (Wildman–Crippen LogP) is 9.26. The fraction of sp³-hybridized carbons (Fsp3) is 0.222. The van der Waals surface area contributed by atoms with Crippen molar-refractivity contribution in [2.45, 2.75) is 61.2 Å². The van der Waals surface area contributed by atoms with Crippen LogP contribution < -0.4 is 0 Å². The summed E-state index contributed by atoms with van der Waals surface area (Å²) in [5.74, 6) is 0. The third-order valence-electron chi connectivity index (χ3n) is 8.70. The maximum atomic E-state index is 2.47. The number of nitrogens with zero attached hydrogens (tertiary/aromatic N) is 2. The highest BCUT2D eigenvalue weighted by Gasteiger charge is 2.24. The van der Waals surface area contributed by atoms with Crippen LogP contribution in [0.3, 0.4) is 0 Å². The molecule has 4 aliphatic carbocycles. The van der Waals surface area contributed by atoms with E-state index in [2.05, 4.69) is 106 Å². The lowest BCUT2D eigenvalue weighted by atomic mass is 9.94. The standard InChI is InChI=1S/C36H32N2S/c1-5-13-33-29(9-1)30-10-2-6-14-34(30)37(33)25-17-21-27(22-18-25)39-28-23-19-26(20-24-28)38-35-15-7-3-11-31(35)32-12-4-8-16-36(32)38/h5-8,13-24H,1-4,9-12H2. The zero-order valence-electron chi connectivity index (χ0n) is 22.2. The van der Waals surface area contributed by atoms with Crippen LogP contribution in [-0.2, 0) is 25.7 Å². The Balaban J connectivity index is 1.08. The summed E-state index contributed by atoms with van der Waals surface area (Å²) in [5.41, 5.74) is 14.3. The lowest BCUT2D eigenvalue weighted by molar-refractivity contribution is 0.922. The Morgan fingerprint density at radius 1 is 0.410 bits per heavy atom. The molecule has 0 saturated heterocycles. The average Bonchev–Trinajstić information content (AvgIpc) is 3.51. The Kier molecular flexibility index (Phi) is 5.65. The zero-order chi connectivity index (χ0) is 25.8. The summed E-state index contributed by atoms with van der Waals surface area (Å²) in [6, 6.07) is 18.3. The van der Waals surface area contributed by atoms with Gasteiger partial charge < -0.3 is 9.13 Å². The molecule has 0 bridgehead atoms. The van der Waals surface area contributed by atoms with Gasteiger partial charge in [0.15, 0.2) is 0 Å². The highest BCUT2D eigenvalue weighted by atomic mass is 32.2. The molecular weight excluding hydrogens is 492 g/mol. The second kappa shape index (κ2) is 9.50. The minimum Gasteiger partial charge on any atom is -0.310 e. The Bertz CT molecular complexity index is 1490. The maximum absolute atomic E-state index is 2.47. The average molecular weight is 525 g/mol. The SMILES string of the molecule is C1=Cc2c(c3c(n2-c2ccc(Sc4ccc(-n5c6c(c7c5C=CCC7)CCC=C6)cc4)cc2)C=CCC3)CC1. The van der Waals surface area contributed by atoms with Crippen molar-refractivity contribution in [2.75, 3.05) is 0 Å². The quantitative estimate of drug-likeness (QED) is 0.259. The van der Waals surface area contributed by atoms with Crippen molar-refractivity contribution in [1.29, 1.82) is 0 Å². The summed E-state index contributed by atoms with van der Waals surface area (Å²) >= 11 is 1.84. The minimum atomic E-state index is 1.16. The number of fused-ring (bicyclic) bond motifs is 6. The van der Waals surface area contributed by atoms with Crippen LogP contribution in [0.1, 0.15) is 70.7 Å². The highest BCUT2D eigenvalue weighted by Crippen LogP contribution is 2.38. The monoisotopic (exact) mass is 524 g/mol. The first kappa shape index (κ1) is 23.2. The van der Waals surface area contributed by atoms with Gasteiger partial charge in [0.05, 0.1) is 0 Å². The van der Waals surface area contributed by atoms with Crippen molar-refractivity contribution in [3.8, 4) is 11.4 Å². The van der Waals surface area contributed by atoms with Crippen molar-refractivity contribution < 1.29 is 0 Å². The molecule has 2 aromatic heterocycles. The van der Waals surface area contributed by atoms with Crippen molar-refractivity contribution in [3.63, 3.8) is 0 Å². The van der Waals surface area contributed by atoms with Crippen LogP contribution >= 0.6 is 11.8 Å². The molecule has 4 aliphatic rings. The van der Waals surface area contributed by atoms with Crippen molar-refractivity contribution >= 4 is 36.1 Å².